The first kappa shape index (κ1) is 17.0. The summed E-state index contributed by atoms with van der Waals surface area (Å²) in [4.78, 5) is 12.6. The van der Waals surface area contributed by atoms with Gasteiger partial charge in [0.25, 0.3) is 0 Å². The van der Waals surface area contributed by atoms with Crippen LogP contribution in [0.15, 0.2) is 35.2 Å². The molecule has 22 heavy (non-hydrogen) atoms. The highest BCUT2D eigenvalue weighted by Gasteiger charge is 2.30. The van der Waals surface area contributed by atoms with Gasteiger partial charge in [-0.3, -0.25) is 4.79 Å². The summed E-state index contributed by atoms with van der Waals surface area (Å²) >= 11 is 0. The summed E-state index contributed by atoms with van der Waals surface area (Å²) in [5, 5.41) is 2.97. The number of carbonyl (C=O) groups excluding carboxylic acids is 1. The van der Waals surface area contributed by atoms with Gasteiger partial charge in [-0.15, -0.1) is 0 Å². The third-order valence-corrected chi connectivity index (χ3v) is 5.44. The predicted octanol–water partition coefficient (Wildman–Crippen LogP) is 2.05. The Hall–Kier alpha value is -1.40. The van der Waals surface area contributed by atoms with Crippen LogP contribution in [0.3, 0.4) is 0 Å². The highest BCUT2D eigenvalue weighted by Crippen LogP contribution is 2.18. The number of amides is 1. The zero-order chi connectivity index (χ0) is 16.2. The SMILES string of the molecule is CC(C)[C@@H](NS(=O)(=O)c1ccccc1)C(=O)NC1CCCC1. The molecular formula is C16H24N2O3S. The van der Waals surface area contributed by atoms with Crippen LogP contribution >= 0.6 is 0 Å². The van der Waals surface area contributed by atoms with E-state index in [2.05, 4.69) is 10.0 Å². The maximum absolute atomic E-state index is 12.4. The highest BCUT2D eigenvalue weighted by molar-refractivity contribution is 7.89. The quantitative estimate of drug-likeness (QED) is 0.841. The van der Waals surface area contributed by atoms with Gasteiger partial charge in [-0.05, 0) is 30.9 Å². The van der Waals surface area contributed by atoms with Gasteiger partial charge in [-0.1, -0.05) is 44.9 Å². The Kier molecular flexibility index (Phi) is 5.58. The third-order valence-electron chi connectivity index (χ3n) is 3.99. The van der Waals surface area contributed by atoms with Crippen molar-refractivity contribution in [2.75, 3.05) is 0 Å². The lowest BCUT2D eigenvalue weighted by Gasteiger charge is -2.23. The Morgan fingerprint density at radius 3 is 2.27 bits per heavy atom. The fourth-order valence-corrected chi connectivity index (χ4v) is 4.05. The molecule has 6 heteroatoms. The molecule has 0 aromatic heterocycles. The minimum absolute atomic E-state index is 0.125. The molecule has 1 aliphatic rings. The smallest absolute Gasteiger partial charge is 0.241 e. The van der Waals surface area contributed by atoms with Gasteiger partial charge in [0.2, 0.25) is 15.9 Å². The molecule has 0 bridgehead atoms. The average molecular weight is 324 g/mol. The van der Waals surface area contributed by atoms with E-state index in [-0.39, 0.29) is 22.8 Å². The van der Waals surface area contributed by atoms with E-state index in [4.69, 9.17) is 0 Å². The Balaban J connectivity index is 2.09. The van der Waals surface area contributed by atoms with Crippen LogP contribution in [0.2, 0.25) is 0 Å². The van der Waals surface area contributed by atoms with Gasteiger partial charge < -0.3 is 5.32 Å². The van der Waals surface area contributed by atoms with E-state index in [1.807, 2.05) is 13.8 Å². The summed E-state index contributed by atoms with van der Waals surface area (Å²) in [6.45, 7) is 3.68. The lowest BCUT2D eigenvalue weighted by atomic mass is 10.0. The highest BCUT2D eigenvalue weighted by atomic mass is 32.2. The largest absolute Gasteiger partial charge is 0.352 e. The normalized spacial score (nSPS) is 17.6. The standard InChI is InChI=1S/C16H24N2O3S/c1-12(2)15(16(19)17-13-8-6-7-9-13)18-22(20,21)14-10-4-3-5-11-14/h3-5,10-13,15,18H,6-9H2,1-2H3,(H,17,19)/t15-/m1/s1. The molecule has 5 nitrogen and oxygen atoms in total. The Labute approximate surface area is 132 Å². The molecule has 1 amide bonds. The first-order valence-corrected chi connectivity index (χ1v) is 9.26. The molecule has 0 unspecified atom stereocenters. The topological polar surface area (TPSA) is 75.3 Å². The van der Waals surface area contributed by atoms with Gasteiger partial charge in [0.15, 0.2) is 0 Å². The molecule has 1 fully saturated rings. The van der Waals surface area contributed by atoms with E-state index in [1.54, 1.807) is 18.2 Å². The van der Waals surface area contributed by atoms with E-state index >= 15 is 0 Å². The van der Waals surface area contributed by atoms with Gasteiger partial charge in [0.05, 0.1) is 4.90 Å². The molecule has 1 atom stereocenters. The fourth-order valence-electron chi connectivity index (χ4n) is 2.69. The minimum Gasteiger partial charge on any atom is -0.352 e. The molecule has 122 valence electrons. The molecule has 1 aliphatic carbocycles. The summed E-state index contributed by atoms with van der Waals surface area (Å²) in [6.07, 6.45) is 4.18. The average Bonchev–Trinajstić information content (AvgIpc) is 2.98. The molecule has 0 saturated heterocycles. The summed E-state index contributed by atoms with van der Waals surface area (Å²) in [6, 6.07) is 7.55. The Bertz CT molecular complexity index is 593. The van der Waals surface area contributed by atoms with E-state index in [1.165, 1.54) is 12.1 Å². The van der Waals surface area contributed by atoms with Gasteiger partial charge >= 0.3 is 0 Å². The van der Waals surface area contributed by atoms with Crippen molar-refractivity contribution in [3.63, 3.8) is 0 Å². The Morgan fingerprint density at radius 2 is 1.73 bits per heavy atom. The second-order valence-corrected chi connectivity index (χ2v) is 7.86. The Morgan fingerprint density at radius 1 is 1.14 bits per heavy atom. The first-order chi connectivity index (χ1) is 10.4. The van der Waals surface area contributed by atoms with Crippen LogP contribution in [0, 0.1) is 5.92 Å². The third kappa shape index (κ3) is 4.30. The summed E-state index contributed by atoms with van der Waals surface area (Å²) < 4.78 is 27.3. The van der Waals surface area contributed by atoms with Crippen LogP contribution in [0.1, 0.15) is 39.5 Å². The van der Waals surface area contributed by atoms with E-state index in [0.717, 1.165) is 25.7 Å². The monoisotopic (exact) mass is 324 g/mol. The number of sulfonamides is 1. The molecular weight excluding hydrogens is 300 g/mol. The van der Waals surface area contributed by atoms with E-state index in [9.17, 15) is 13.2 Å². The molecule has 0 spiro atoms. The maximum atomic E-state index is 12.4. The summed E-state index contributed by atoms with van der Waals surface area (Å²) in [5.74, 6) is -0.360. The zero-order valence-electron chi connectivity index (χ0n) is 13.1. The molecule has 2 rings (SSSR count). The van der Waals surface area contributed by atoms with Crippen molar-refractivity contribution >= 4 is 15.9 Å². The minimum atomic E-state index is -3.69. The van der Waals surface area contributed by atoms with Crippen molar-refractivity contribution in [2.24, 2.45) is 5.92 Å². The van der Waals surface area contributed by atoms with Crippen LogP contribution in [-0.2, 0) is 14.8 Å². The molecule has 1 saturated carbocycles. The van der Waals surface area contributed by atoms with Gasteiger partial charge in [-0.2, -0.15) is 4.72 Å². The van der Waals surface area contributed by atoms with Crippen molar-refractivity contribution in [1.82, 2.24) is 10.0 Å². The number of nitrogens with one attached hydrogen (secondary N) is 2. The number of hydrogen-bond donors (Lipinski definition) is 2. The molecule has 1 aromatic rings. The number of carbonyl (C=O) groups is 1. The second kappa shape index (κ2) is 7.24. The molecule has 0 heterocycles. The first-order valence-electron chi connectivity index (χ1n) is 7.78. The van der Waals surface area contributed by atoms with E-state index < -0.39 is 16.1 Å². The van der Waals surface area contributed by atoms with Crippen molar-refractivity contribution in [3.05, 3.63) is 30.3 Å². The number of rotatable bonds is 6. The lowest BCUT2D eigenvalue weighted by Crippen LogP contribution is -2.51. The summed E-state index contributed by atoms with van der Waals surface area (Å²) in [7, 11) is -3.69. The van der Waals surface area contributed by atoms with Crippen molar-refractivity contribution in [3.8, 4) is 0 Å². The second-order valence-electron chi connectivity index (χ2n) is 6.15. The molecule has 0 aliphatic heterocycles. The van der Waals surface area contributed by atoms with Gasteiger partial charge in [0, 0.05) is 6.04 Å². The van der Waals surface area contributed by atoms with Crippen molar-refractivity contribution < 1.29 is 13.2 Å². The number of benzene rings is 1. The van der Waals surface area contributed by atoms with Crippen molar-refractivity contribution in [1.29, 1.82) is 0 Å². The molecule has 2 N–H and O–H groups in total. The van der Waals surface area contributed by atoms with Gasteiger partial charge in [0.1, 0.15) is 6.04 Å². The fraction of sp³-hybridized carbons (Fsp3) is 0.562. The van der Waals surface area contributed by atoms with Crippen LogP contribution in [0.4, 0.5) is 0 Å². The zero-order valence-corrected chi connectivity index (χ0v) is 13.9. The van der Waals surface area contributed by atoms with Crippen LogP contribution in [0.5, 0.6) is 0 Å². The van der Waals surface area contributed by atoms with Crippen molar-refractivity contribution in [2.45, 2.75) is 56.5 Å². The molecule has 0 radical (unpaired) electrons. The summed E-state index contributed by atoms with van der Waals surface area (Å²) in [5.41, 5.74) is 0. The maximum Gasteiger partial charge on any atom is 0.241 e. The molecule has 1 aromatic carbocycles. The van der Waals surface area contributed by atoms with Crippen LogP contribution in [-0.4, -0.2) is 26.4 Å². The number of hydrogen-bond acceptors (Lipinski definition) is 3. The lowest BCUT2D eigenvalue weighted by molar-refractivity contribution is -0.124. The van der Waals surface area contributed by atoms with E-state index in [0.29, 0.717) is 0 Å². The van der Waals surface area contributed by atoms with Crippen LogP contribution < -0.4 is 10.0 Å². The van der Waals surface area contributed by atoms with Crippen LogP contribution in [0.25, 0.3) is 0 Å². The van der Waals surface area contributed by atoms with Gasteiger partial charge in [-0.25, -0.2) is 8.42 Å². The predicted molar refractivity (Wildman–Crippen MR) is 85.8 cm³/mol.